The molecule has 2 heterocycles. The molecular weight excluding hydrogens is 130 g/mol. The van der Waals surface area contributed by atoms with Crippen LogP contribution in [0.15, 0.2) is 10.1 Å². The molecular formula is C6H11N3O. The van der Waals surface area contributed by atoms with Crippen LogP contribution in [-0.4, -0.2) is 32.2 Å². The summed E-state index contributed by atoms with van der Waals surface area (Å²) < 4.78 is 0. The van der Waals surface area contributed by atoms with Crippen LogP contribution in [0.2, 0.25) is 0 Å². The monoisotopic (exact) mass is 141 g/mol. The van der Waals surface area contributed by atoms with Crippen LogP contribution in [0, 0.1) is 0 Å². The van der Waals surface area contributed by atoms with Gasteiger partial charge in [-0.15, -0.1) is 0 Å². The highest BCUT2D eigenvalue weighted by atomic mass is 16.6. The van der Waals surface area contributed by atoms with Gasteiger partial charge < -0.3 is 10.2 Å². The molecule has 0 saturated carbocycles. The Morgan fingerprint density at radius 2 is 2.50 bits per heavy atom. The highest BCUT2D eigenvalue weighted by Crippen LogP contribution is 1.86. The molecule has 0 aromatic rings. The average Bonchev–Trinajstić information content (AvgIpc) is 2.67. The zero-order chi connectivity index (χ0) is 7.07. The summed E-state index contributed by atoms with van der Waals surface area (Å²) in [5.74, 6) is 0. The van der Waals surface area contributed by atoms with Crippen LogP contribution < -0.4 is 5.32 Å². The van der Waals surface area contributed by atoms with Crippen molar-refractivity contribution >= 4 is 12.6 Å². The summed E-state index contributed by atoms with van der Waals surface area (Å²) in [6.45, 7) is 2.76. The Labute approximate surface area is 60.0 Å². The van der Waals surface area contributed by atoms with Gasteiger partial charge in [-0.05, 0) is 0 Å². The van der Waals surface area contributed by atoms with E-state index in [9.17, 15) is 0 Å². The maximum atomic E-state index is 4.51. The molecule has 2 aliphatic heterocycles. The van der Waals surface area contributed by atoms with Crippen LogP contribution in [-0.2, 0) is 4.84 Å². The summed E-state index contributed by atoms with van der Waals surface area (Å²) >= 11 is 0. The molecule has 0 aromatic heterocycles. The first kappa shape index (κ1) is 7.05. The molecule has 0 bridgehead atoms. The van der Waals surface area contributed by atoms with E-state index in [4.69, 9.17) is 0 Å². The standard InChI is InChI=1S/C3H6N2.C3H5NO/c1-2-5-3-4-1;1-2-4-5-3-1/h3H,1-2H2,(H,4,5);2H,1,3H2. The lowest BCUT2D eigenvalue weighted by molar-refractivity contribution is 0.174. The van der Waals surface area contributed by atoms with Crippen molar-refractivity contribution < 1.29 is 4.84 Å². The third kappa shape index (κ3) is 3.06. The van der Waals surface area contributed by atoms with Gasteiger partial charge in [-0.25, -0.2) is 0 Å². The molecule has 10 heavy (non-hydrogen) atoms. The van der Waals surface area contributed by atoms with E-state index in [1.54, 1.807) is 12.6 Å². The lowest BCUT2D eigenvalue weighted by atomic mass is 10.5. The molecule has 0 spiro atoms. The van der Waals surface area contributed by atoms with E-state index in [2.05, 4.69) is 20.3 Å². The van der Waals surface area contributed by atoms with E-state index in [1.165, 1.54) is 0 Å². The van der Waals surface area contributed by atoms with Crippen molar-refractivity contribution in [3.8, 4) is 0 Å². The summed E-state index contributed by atoms with van der Waals surface area (Å²) in [6.07, 6.45) is 4.49. The molecule has 56 valence electrons. The Kier molecular flexibility index (Phi) is 3.37. The van der Waals surface area contributed by atoms with Gasteiger partial charge in [-0.2, -0.15) is 0 Å². The fourth-order valence-corrected chi connectivity index (χ4v) is 0.586. The molecule has 4 heteroatoms. The van der Waals surface area contributed by atoms with Gasteiger partial charge in [0.05, 0.1) is 12.9 Å². The van der Waals surface area contributed by atoms with Crippen molar-refractivity contribution in [2.75, 3.05) is 19.7 Å². The molecule has 0 unspecified atom stereocenters. The summed E-state index contributed by atoms with van der Waals surface area (Å²) in [5.41, 5.74) is 0. The molecule has 2 rings (SSSR count). The average molecular weight is 141 g/mol. The summed E-state index contributed by atoms with van der Waals surface area (Å²) in [5, 5.41) is 6.39. The van der Waals surface area contributed by atoms with E-state index in [1.807, 2.05) is 0 Å². The lowest BCUT2D eigenvalue weighted by Crippen LogP contribution is -2.04. The van der Waals surface area contributed by atoms with Crippen LogP contribution in [0.4, 0.5) is 0 Å². The van der Waals surface area contributed by atoms with E-state index in [0.717, 1.165) is 26.1 Å². The quantitative estimate of drug-likeness (QED) is 0.516. The van der Waals surface area contributed by atoms with Crippen molar-refractivity contribution in [3.05, 3.63) is 0 Å². The van der Waals surface area contributed by atoms with Crippen molar-refractivity contribution in [3.63, 3.8) is 0 Å². The predicted molar refractivity (Wildman–Crippen MR) is 40.4 cm³/mol. The van der Waals surface area contributed by atoms with E-state index in [0.29, 0.717) is 0 Å². The molecule has 0 aromatic carbocycles. The minimum atomic E-state index is 0.778. The molecule has 0 saturated heterocycles. The van der Waals surface area contributed by atoms with Crippen LogP contribution in [0.25, 0.3) is 0 Å². The van der Waals surface area contributed by atoms with E-state index < -0.39 is 0 Å². The van der Waals surface area contributed by atoms with Crippen LogP contribution in [0.1, 0.15) is 6.42 Å². The number of nitrogens with zero attached hydrogens (tertiary/aromatic N) is 2. The fraction of sp³-hybridized carbons (Fsp3) is 0.667. The lowest BCUT2D eigenvalue weighted by Gasteiger charge is -1.76. The maximum absolute atomic E-state index is 4.51. The fourth-order valence-electron chi connectivity index (χ4n) is 0.586. The second kappa shape index (κ2) is 4.78. The van der Waals surface area contributed by atoms with Crippen molar-refractivity contribution in [2.45, 2.75) is 6.42 Å². The number of hydrogen-bond acceptors (Lipinski definition) is 4. The second-order valence-corrected chi connectivity index (χ2v) is 1.90. The second-order valence-electron chi connectivity index (χ2n) is 1.90. The Bertz CT molecular complexity index is 105. The third-order valence-corrected chi connectivity index (χ3v) is 1.06. The van der Waals surface area contributed by atoms with Gasteiger partial charge in [0.25, 0.3) is 0 Å². The highest BCUT2D eigenvalue weighted by Gasteiger charge is 1.86. The van der Waals surface area contributed by atoms with Gasteiger partial charge >= 0.3 is 0 Å². The largest absolute Gasteiger partial charge is 0.396 e. The number of aliphatic imine (C=N–C) groups is 1. The molecule has 4 nitrogen and oxygen atoms in total. The number of hydrogen-bond donors (Lipinski definition) is 1. The number of rotatable bonds is 0. The molecule has 0 fully saturated rings. The molecule has 2 aliphatic rings. The number of nitrogens with one attached hydrogen (secondary N) is 1. The molecule has 1 N–H and O–H groups in total. The SMILES string of the molecule is C1=NCCN1.C1=NOCC1. The topological polar surface area (TPSA) is 46.0 Å². The van der Waals surface area contributed by atoms with Gasteiger partial charge in [-0.1, -0.05) is 5.16 Å². The maximum Gasteiger partial charge on any atom is 0.122 e. The van der Waals surface area contributed by atoms with Crippen molar-refractivity contribution in [1.82, 2.24) is 5.32 Å². The van der Waals surface area contributed by atoms with Crippen LogP contribution >= 0.6 is 0 Å². The zero-order valence-corrected chi connectivity index (χ0v) is 5.79. The number of oxime groups is 1. The van der Waals surface area contributed by atoms with Gasteiger partial charge in [0.15, 0.2) is 0 Å². The Balaban J connectivity index is 0.0000001000. The summed E-state index contributed by atoms with van der Waals surface area (Å²) in [7, 11) is 0. The first-order valence-corrected chi connectivity index (χ1v) is 3.35. The van der Waals surface area contributed by atoms with Crippen LogP contribution in [0.3, 0.4) is 0 Å². The van der Waals surface area contributed by atoms with E-state index in [-0.39, 0.29) is 0 Å². The summed E-state index contributed by atoms with van der Waals surface area (Å²) in [6, 6.07) is 0. The smallest absolute Gasteiger partial charge is 0.122 e. The van der Waals surface area contributed by atoms with Gasteiger partial charge in [-0.3, -0.25) is 4.99 Å². The van der Waals surface area contributed by atoms with Crippen LogP contribution in [0.5, 0.6) is 0 Å². The Morgan fingerprint density at radius 1 is 1.50 bits per heavy atom. The minimum Gasteiger partial charge on any atom is -0.396 e. The highest BCUT2D eigenvalue weighted by molar-refractivity contribution is 5.57. The Hall–Kier alpha value is -1.06. The molecule has 0 atom stereocenters. The Morgan fingerprint density at radius 3 is 2.70 bits per heavy atom. The van der Waals surface area contributed by atoms with E-state index >= 15 is 0 Å². The third-order valence-electron chi connectivity index (χ3n) is 1.06. The van der Waals surface area contributed by atoms with Crippen molar-refractivity contribution in [1.29, 1.82) is 0 Å². The van der Waals surface area contributed by atoms with Gasteiger partial charge in [0.1, 0.15) is 6.61 Å². The predicted octanol–water partition coefficient (Wildman–Crippen LogP) is 0.0104. The first-order valence-electron chi connectivity index (χ1n) is 3.35. The zero-order valence-electron chi connectivity index (χ0n) is 5.79. The first-order chi connectivity index (χ1) is 5.00. The van der Waals surface area contributed by atoms with Gasteiger partial charge in [0, 0.05) is 19.2 Å². The van der Waals surface area contributed by atoms with Crippen molar-refractivity contribution in [2.24, 2.45) is 10.1 Å². The molecule has 0 amide bonds. The normalized spacial score (nSPS) is 19.2. The minimum absolute atomic E-state index is 0.778. The molecule has 0 radical (unpaired) electrons. The molecule has 0 aliphatic carbocycles. The van der Waals surface area contributed by atoms with Gasteiger partial charge in [0.2, 0.25) is 0 Å². The summed E-state index contributed by atoms with van der Waals surface area (Å²) in [4.78, 5) is 8.36.